The SMILES string of the molecule is CC1(C)CC(OC(=O)c2cccc3ccc(-c4cc5ccccc5cc4C(=O)OC4CC(C)(C)NC(C)(C)C4)cc23)CC(C)(C)C1. The van der Waals surface area contributed by atoms with Crippen molar-refractivity contribution in [2.24, 2.45) is 10.8 Å². The van der Waals surface area contributed by atoms with Crippen molar-refractivity contribution < 1.29 is 19.1 Å². The van der Waals surface area contributed by atoms with E-state index in [-0.39, 0.29) is 46.1 Å². The largest absolute Gasteiger partial charge is 0.459 e. The van der Waals surface area contributed by atoms with E-state index < -0.39 is 0 Å². The van der Waals surface area contributed by atoms with Gasteiger partial charge in [-0.05, 0) is 115 Å². The van der Waals surface area contributed by atoms with Gasteiger partial charge in [0.2, 0.25) is 0 Å². The van der Waals surface area contributed by atoms with Crippen molar-refractivity contribution in [2.45, 2.75) is 111 Å². The van der Waals surface area contributed by atoms with Gasteiger partial charge >= 0.3 is 11.9 Å². The van der Waals surface area contributed by atoms with Gasteiger partial charge in [0.1, 0.15) is 12.2 Å². The molecule has 46 heavy (non-hydrogen) atoms. The number of nitrogens with one attached hydrogen (secondary N) is 1. The lowest BCUT2D eigenvalue weighted by Crippen LogP contribution is -2.59. The molecule has 5 heteroatoms. The Morgan fingerprint density at radius 3 is 1.78 bits per heavy atom. The van der Waals surface area contributed by atoms with E-state index in [1.165, 1.54) is 0 Å². The summed E-state index contributed by atoms with van der Waals surface area (Å²) in [5.41, 5.74) is 2.65. The number of carbonyl (C=O) groups excluding carboxylic acids is 2. The minimum absolute atomic E-state index is 0.110. The minimum Gasteiger partial charge on any atom is -0.459 e. The molecule has 0 unspecified atom stereocenters. The van der Waals surface area contributed by atoms with Gasteiger partial charge in [-0.3, -0.25) is 0 Å². The maximum Gasteiger partial charge on any atom is 0.339 e. The Morgan fingerprint density at radius 1 is 0.609 bits per heavy atom. The standard InChI is InChI=1S/C41H49NO4/c1-38(2)21-30(22-39(3,4)25-38)45-36(43)32-15-11-14-26-16-17-29(20-33(26)32)34-18-27-12-9-10-13-28(27)19-35(34)37(44)46-31-23-40(5,6)42-41(7,8)24-31/h9-20,30-31,42H,21-25H2,1-8H3. The van der Waals surface area contributed by atoms with E-state index >= 15 is 0 Å². The summed E-state index contributed by atoms with van der Waals surface area (Å²) in [6, 6.07) is 23.9. The fraction of sp³-hybridized carbons (Fsp3) is 0.463. The predicted octanol–water partition coefficient (Wildman–Crippen LogP) is 9.89. The van der Waals surface area contributed by atoms with Gasteiger partial charge in [-0.15, -0.1) is 0 Å². The van der Waals surface area contributed by atoms with Crippen molar-refractivity contribution in [3.05, 3.63) is 83.9 Å². The molecule has 0 bridgehead atoms. The third kappa shape index (κ3) is 7.00. The van der Waals surface area contributed by atoms with Crippen molar-refractivity contribution >= 4 is 33.5 Å². The molecular formula is C41H49NO4. The summed E-state index contributed by atoms with van der Waals surface area (Å²) in [4.78, 5) is 27.8. The fourth-order valence-electron chi connectivity index (χ4n) is 8.84. The molecule has 6 rings (SSSR count). The van der Waals surface area contributed by atoms with E-state index in [1.807, 2.05) is 60.7 Å². The van der Waals surface area contributed by atoms with Crippen LogP contribution >= 0.6 is 0 Å². The second-order valence-electron chi connectivity index (χ2n) is 16.8. The third-order valence-electron chi connectivity index (χ3n) is 9.74. The van der Waals surface area contributed by atoms with Crippen LogP contribution in [0.2, 0.25) is 0 Å². The number of piperidine rings is 1. The number of ether oxygens (including phenoxy) is 2. The zero-order chi connectivity index (χ0) is 33.1. The Balaban J connectivity index is 1.37. The van der Waals surface area contributed by atoms with E-state index in [4.69, 9.17) is 9.47 Å². The predicted molar refractivity (Wildman–Crippen MR) is 187 cm³/mol. The van der Waals surface area contributed by atoms with E-state index in [2.05, 4.69) is 72.8 Å². The number of esters is 2. The number of hydrogen-bond acceptors (Lipinski definition) is 5. The smallest absolute Gasteiger partial charge is 0.339 e. The van der Waals surface area contributed by atoms with Crippen LogP contribution in [0.4, 0.5) is 0 Å². The molecule has 1 aliphatic carbocycles. The molecule has 2 fully saturated rings. The zero-order valence-electron chi connectivity index (χ0n) is 28.8. The Morgan fingerprint density at radius 2 is 1.15 bits per heavy atom. The normalized spacial score (nSPS) is 20.8. The van der Waals surface area contributed by atoms with Gasteiger partial charge in [-0.2, -0.15) is 0 Å². The van der Waals surface area contributed by atoms with Crippen molar-refractivity contribution in [3.8, 4) is 11.1 Å². The monoisotopic (exact) mass is 619 g/mol. The number of rotatable bonds is 5. The number of hydrogen-bond donors (Lipinski definition) is 1. The molecule has 1 saturated carbocycles. The van der Waals surface area contributed by atoms with E-state index in [1.54, 1.807) is 0 Å². The van der Waals surface area contributed by atoms with Crippen LogP contribution in [0.15, 0.2) is 72.8 Å². The van der Waals surface area contributed by atoms with Gasteiger partial charge in [0, 0.05) is 23.9 Å². The molecule has 1 heterocycles. The quantitative estimate of drug-likeness (QED) is 0.225. The van der Waals surface area contributed by atoms with Crippen LogP contribution in [0.1, 0.15) is 108 Å². The molecule has 0 spiro atoms. The van der Waals surface area contributed by atoms with Gasteiger partial charge in [-0.25, -0.2) is 9.59 Å². The molecule has 4 aromatic carbocycles. The molecule has 1 aliphatic heterocycles. The molecule has 0 amide bonds. The molecule has 1 N–H and O–H groups in total. The van der Waals surface area contributed by atoms with Gasteiger partial charge in [0.25, 0.3) is 0 Å². The molecule has 1 saturated heterocycles. The van der Waals surface area contributed by atoms with Crippen LogP contribution in [0, 0.1) is 10.8 Å². The van der Waals surface area contributed by atoms with Crippen molar-refractivity contribution in [1.82, 2.24) is 5.32 Å². The minimum atomic E-state index is -0.324. The maximum absolute atomic E-state index is 14.0. The first-order valence-corrected chi connectivity index (χ1v) is 16.8. The Bertz CT molecular complexity index is 1780. The molecule has 0 aromatic heterocycles. The van der Waals surface area contributed by atoms with Crippen molar-refractivity contribution in [2.75, 3.05) is 0 Å². The van der Waals surface area contributed by atoms with Crippen LogP contribution in [0.5, 0.6) is 0 Å². The molecule has 2 aliphatic rings. The van der Waals surface area contributed by atoms with E-state index in [0.717, 1.165) is 64.8 Å². The van der Waals surface area contributed by atoms with Crippen LogP contribution in [0.25, 0.3) is 32.7 Å². The Labute approximate surface area is 274 Å². The van der Waals surface area contributed by atoms with Gasteiger partial charge < -0.3 is 14.8 Å². The van der Waals surface area contributed by atoms with E-state index in [0.29, 0.717) is 11.1 Å². The summed E-state index contributed by atoms with van der Waals surface area (Å²) in [5.74, 6) is -0.620. The summed E-state index contributed by atoms with van der Waals surface area (Å²) in [6.45, 7) is 17.7. The highest BCUT2D eigenvalue weighted by molar-refractivity contribution is 6.08. The van der Waals surface area contributed by atoms with Gasteiger partial charge in [0.05, 0.1) is 11.1 Å². The summed E-state index contributed by atoms with van der Waals surface area (Å²) >= 11 is 0. The van der Waals surface area contributed by atoms with Crippen LogP contribution in [-0.2, 0) is 9.47 Å². The van der Waals surface area contributed by atoms with Crippen molar-refractivity contribution in [3.63, 3.8) is 0 Å². The molecule has 0 radical (unpaired) electrons. The molecular weight excluding hydrogens is 570 g/mol. The lowest BCUT2D eigenvalue weighted by Gasteiger charge is -2.45. The lowest BCUT2D eigenvalue weighted by molar-refractivity contribution is -0.0282. The van der Waals surface area contributed by atoms with Gasteiger partial charge in [-0.1, -0.05) is 76.2 Å². The second-order valence-corrected chi connectivity index (χ2v) is 16.8. The summed E-state index contributed by atoms with van der Waals surface area (Å²) in [7, 11) is 0. The topological polar surface area (TPSA) is 64.6 Å². The first kappa shape index (κ1) is 32.2. The van der Waals surface area contributed by atoms with Gasteiger partial charge in [0.15, 0.2) is 0 Å². The molecule has 4 aromatic rings. The number of carbonyl (C=O) groups is 2. The maximum atomic E-state index is 14.0. The molecule has 0 atom stereocenters. The highest BCUT2D eigenvalue weighted by Crippen LogP contribution is 2.47. The summed E-state index contributed by atoms with van der Waals surface area (Å²) in [5, 5.41) is 7.45. The zero-order valence-corrected chi connectivity index (χ0v) is 28.8. The van der Waals surface area contributed by atoms with E-state index in [9.17, 15) is 9.59 Å². The highest BCUT2D eigenvalue weighted by atomic mass is 16.5. The third-order valence-corrected chi connectivity index (χ3v) is 9.74. The number of fused-ring (bicyclic) bond motifs is 2. The average molecular weight is 620 g/mol. The lowest BCUT2D eigenvalue weighted by atomic mass is 9.64. The Hall–Kier alpha value is -3.70. The summed E-state index contributed by atoms with van der Waals surface area (Å²) in [6.07, 6.45) is 3.96. The summed E-state index contributed by atoms with van der Waals surface area (Å²) < 4.78 is 12.5. The molecule has 242 valence electrons. The number of benzene rings is 4. The van der Waals surface area contributed by atoms with Crippen LogP contribution in [0.3, 0.4) is 0 Å². The van der Waals surface area contributed by atoms with Crippen molar-refractivity contribution in [1.29, 1.82) is 0 Å². The second kappa shape index (κ2) is 11.5. The first-order chi connectivity index (χ1) is 21.5. The Kier molecular flexibility index (Phi) is 8.08. The molecule has 5 nitrogen and oxygen atoms in total. The fourth-order valence-corrected chi connectivity index (χ4v) is 8.84. The van der Waals surface area contributed by atoms with Crippen LogP contribution < -0.4 is 5.32 Å². The van der Waals surface area contributed by atoms with Crippen LogP contribution in [-0.4, -0.2) is 35.2 Å². The first-order valence-electron chi connectivity index (χ1n) is 16.8. The average Bonchev–Trinajstić information content (AvgIpc) is 2.92. The highest BCUT2D eigenvalue weighted by Gasteiger charge is 2.41.